The molecule has 2 aliphatic carbocycles. The van der Waals surface area contributed by atoms with Gasteiger partial charge in [0.1, 0.15) is 0 Å². The number of para-hydroxylation sites is 2. The molecule has 0 amide bonds. The van der Waals surface area contributed by atoms with Gasteiger partial charge in [-0.1, -0.05) is 25.5 Å². The number of hydrogen-bond acceptors (Lipinski definition) is 6. The Balaban J connectivity index is 1.20. The third-order valence-corrected chi connectivity index (χ3v) is 10.7. The highest BCUT2D eigenvalue weighted by molar-refractivity contribution is 5.87. The number of piperidine rings is 1. The maximum absolute atomic E-state index is 14.1. The van der Waals surface area contributed by atoms with Gasteiger partial charge in [-0.3, -0.25) is 14.5 Å². The Morgan fingerprint density at radius 2 is 1.66 bits per heavy atom. The minimum atomic E-state index is -0.225. The summed E-state index contributed by atoms with van der Waals surface area (Å²) in [5.74, 6) is 3.27. The summed E-state index contributed by atoms with van der Waals surface area (Å²) in [6.07, 6.45) is 11.0. The Morgan fingerprint density at radius 1 is 0.947 bits per heavy atom. The average Bonchev–Trinajstić information content (AvgIpc) is 2.87. The Hall–Kier alpha value is -2.25. The van der Waals surface area contributed by atoms with Crippen LogP contribution in [0.15, 0.2) is 29.1 Å². The number of ether oxygens (including phenoxy) is 1. The summed E-state index contributed by atoms with van der Waals surface area (Å²) in [5.41, 5.74) is 1.71. The third-order valence-electron chi connectivity index (χ3n) is 10.7. The summed E-state index contributed by atoms with van der Waals surface area (Å²) in [4.78, 5) is 35.9. The lowest BCUT2D eigenvalue weighted by molar-refractivity contribution is -0.120. The summed E-state index contributed by atoms with van der Waals surface area (Å²) < 4.78 is 8.17. The van der Waals surface area contributed by atoms with Gasteiger partial charge in [0.2, 0.25) is 0 Å². The minimum Gasteiger partial charge on any atom is -0.378 e. The topological polar surface area (TPSA) is 67.7 Å². The van der Waals surface area contributed by atoms with Crippen LogP contribution in [-0.2, 0) is 9.53 Å². The van der Waals surface area contributed by atoms with E-state index >= 15 is 0 Å². The number of ketones is 1. The van der Waals surface area contributed by atoms with E-state index in [1.54, 1.807) is 6.92 Å². The van der Waals surface area contributed by atoms with Crippen molar-refractivity contribution in [1.29, 1.82) is 0 Å². The molecule has 7 nitrogen and oxygen atoms in total. The minimum absolute atomic E-state index is 0.0371. The molecule has 3 saturated heterocycles. The van der Waals surface area contributed by atoms with Crippen LogP contribution >= 0.6 is 0 Å². The van der Waals surface area contributed by atoms with Crippen molar-refractivity contribution in [1.82, 2.24) is 14.5 Å². The Morgan fingerprint density at radius 3 is 2.29 bits per heavy atom. The number of nitrogens with zero attached hydrogens (tertiary/aromatic N) is 4. The molecule has 1 aromatic carbocycles. The van der Waals surface area contributed by atoms with Crippen molar-refractivity contribution in [3.63, 3.8) is 0 Å². The van der Waals surface area contributed by atoms with E-state index in [0.29, 0.717) is 30.5 Å². The first-order valence-electron chi connectivity index (χ1n) is 15.1. The van der Waals surface area contributed by atoms with Gasteiger partial charge in [0.25, 0.3) is 5.56 Å². The molecule has 1 aromatic heterocycles. The number of hydrogen-bond donors (Lipinski definition) is 0. The predicted molar refractivity (Wildman–Crippen MR) is 149 cm³/mol. The molecular weight excluding hydrogens is 476 g/mol. The van der Waals surface area contributed by atoms with Gasteiger partial charge < -0.3 is 14.2 Å². The van der Waals surface area contributed by atoms with Gasteiger partial charge in [-0.2, -0.15) is 0 Å². The van der Waals surface area contributed by atoms with Crippen LogP contribution in [0.25, 0.3) is 11.0 Å². The highest BCUT2D eigenvalue weighted by Gasteiger charge is 2.47. The second kappa shape index (κ2) is 9.74. The van der Waals surface area contributed by atoms with Crippen molar-refractivity contribution < 1.29 is 9.53 Å². The predicted octanol–water partition coefficient (Wildman–Crippen LogP) is 4.57. The number of morpholine rings is 1. The molecule has 0 radical (unpaired) electrons. The fourth-order valence-corrected chi connectivity index (χ4v) is 9.01. The largest absolute Gasteiger partial charge is 0.378 e. The lowest BCUT2D eigenvalue weighted by atomic mass is 9.65. The van der Waals surface area contributed by atoms with Crippen LogP contribution in [0, 0.1) is 17.8 Å². The summed E-state index contributed by atoms with van der Waals surface area (Å²) in [5, 5.41) is 0. The number of carbonyl (C=O) groups is 1. The first-order chi connectivity index (χ1) is 18.5. The molecule has 2 aromatic rings. The van der Waals surface area contributed by atoms with Crippen LogP contribution in [0.2, 0.25) is 0 Å². The molecule has 38 heavy (non-hydrogen) atoms. The summed E-state index contributed by atoms with van der Waals surface area (Å²) in [7, 11) is 0. The van der Waals surface area contributed by atoms with E-state index in [4.69, 9.17) is 9.72 Å². The number of rotatable bonds is 5. The van der Waals surface area contributed by atoms with E-state index in [0.717, 1.165) is 61.3 Å². The normalized spacial score (nSPS) is 37.2. The lowest BCUT2D eigenvalue weighted by Gasteiger charge is -2.55. The van der Waals surface area contributed by atoms with Gasteiger partial charge in [0, 0.05) is 30.7 Å². The molecule has 3 aliphatic heterocycles. The Bertz CT molecular complexity index is 1250. The van der Waals surface area contributed by atoms with Crippen molar-refractivity contribution in [2.24, 2.45) is 17.8 Å². The summed E-state index contributed by atoms with van der Waals surface area (Å²) in [6, 6.07) is 9.30. The van der Waals surface area contributed by atoms with Crippen molar-refractivity contribution in [3.8, 4) is 0 Å². The van der Waals surface area contributed by atoms with Gasteiger partial charge in [0.05, 0.1) is 30.3 Å². The fraction of sp³-hybridized carbons (Fsp3) is 0.710. The van der Waals surface area contributed by atoms with Crippen molar-refractivity contribution in [3.05, 3.63) is 34.6 Å². The Kier molecular flexibility index (Phi) is 6.35. The number of fused-ring (bicyclic) bond motifs is 5. The molecule has 4 bridgehead atoms. The number of carbonyl (C=O) groups excluding carboxylic acids is 1. The van der Waals surface area contributed by atoms with E-state index in [2.05, 4.69) is 11.8 Å². The zero-order valence-electron chi connectivity index (χ0n) is 22.9. The summed E-state index contributed by atoms with van der Waals surface area (Å²) in [6.45, 7) is 6.23. The molecule has 0 N–H and O–H groups in total. The van der Waals surface area contributed by atoms with Crippen LogP contribution < -0.4 is 10.5 Å². The molecule has 204 valence electrons. The zero-order chi connectivity index (χ0) is 26.0. The number of Topliss-reactive ketones (excluding diaryl/α,β-unsaturated/α-hetero) is 1. The molecule has 7 heteroatoms. The van der Waals surface area contributed by atoms with Crippen molar-refractivity contribution >= 4 is 22.6 Å². The van der Waals surface area contributed by atoms with Gasteiger partial charge >= 0.3 is 0 Å². The standard InChI is InChI=1S/C31H42N4O3/c1-3-20-10-21-12-22(11-20)14-23(13-21)34-25-15-24(16-26(34)18-38-17-25)35-29-7-5-4-6-27(29)32-30(31(35)37)33-9-8-28(33)19(2)36/h4-7,20-26,28H,3,8-18H2,1-2H3/t20?,21-,22+,23?,24?,25-,26+,28-/m0/s1. The second-order valence-electron chi connectivity index (χ2n) is 13.0. The van der Waals surface area contributed by atoms with Gasteiger partial charge in [-0.25, -0.2) is 4.98 Å². The van der Waals surface area contributed by atoms with E-state index in [1.807, 2.05) is 33.7 Å². The van der Waals surface area contributed by atoms with Crippen LogP contribution in [0.1, 0.15) is 77.7 Å². The quantitative estimate of drug-likeness (QED) is 0.578. The number of aromatic nitrogens is 2. The van der Waals surface area contributed by atoms with Gasteiger partial charge in [-0.05, 0) is 88.2 Å². The van der Waals surface area contributed by atoms with E-state index in [-0.39, 0.29) is 23.4 Å². The van der Waals surface area contributed by atoms with Crippen molar-refractivity contribution in [2.45, 2.75) is 102 Å². The molecular formula is C31H42N4O3. The molecule has 3 unspecified atom stereocenters. The smallest absolute Gasteiger partial charge is 0.294 e. The van der Waals surface area contributed by atoms with E-state index < -0.39 is 0 Å². The van der Waals surface area contributed by atoms with Crippen LogP contribution in [0.4, 0.5) is 5.82 Å². The fourth-order valence-electron chi connectivity index (χ4n) is 9.01. The maximum atomic E-state index is 14.1. The van der Waals surface area contributed by atoms with Crippen LogP contribution in [0.3, 0.4) is 0 Å². The van der Waals surface area contributed by atoms with E-state index in [1.165, 1.54) is 38.5 Å². The monoisotopic (exact) mass is 518 g/mol. The zero-order valence-corrected chi connectivity index (χ0v) is 22.9. The van der Waals surface area contributed by atoms with Crippen LogP contribution in [0.5, 0.6) is 0 Å². The average molecular weight is 519 g/mol. The number of benzene rings is 1. The summed E-state index contributed by atoms with van der Waals surface area (Å²) >= 11 is 0. The van der Waals surface area contributed by atoms with Crippen molar-refractivity contribution in [2.75, 3.05) is 24.7 Å². The third kappa shape index (κ3) is 4.12. The molecule has 8 atom stereocenters. The van der Waals surface area contributed by atoms with Gasteiger partial charge in [-0.15, -0.1) is 0 Å². The molecule has 0 spiro atoms. The molecule has 2 saturated carbocycles. The highest BCUT2D eigenvalue weighted by atomic mass is 16.5. The second-order valence-corrected chi connectivity index (χ2v) is 13.0. The molecule has 5 aliphatic rings. The maximum Gasteiger partial charge on any atom is 0.294 e. The highest BCUT2D eigenvalue weighted by Crippen LogP contribution is 2.47. The SMILES string of the molecule is CCC1C[C@@H]2CC(N3[C@@H]4COC[C@H]3CC(n3c(=O)c(N5CC[C@H]5C(C)=O)nc5ccccc53)C4)C[C@H](C1)C2. The Labute approximate surface area is 225 Å². The van der Waals surface area contributed by atoms with Gasteiger partial charge in [0.15, 0.2) is 11.6 Å². The van der Waals surface area contributed by atoms with Crippen LogP contribution in [-0.4, -0.2) is 64.2 Å². The lowest BCUT2D eigenvalue weighted by Crippen LogP contribution is -2.62. The molecule has 7 rings (SSSR count). The first kappa shape index (κ1) is 24.8. The first-order valence-corrected chi connectivity index (χ1v) is 15.1. The number of anilines is 1. The van der Waals surface area contributed by atoms with E-state index in [9.17, 15) is 9.59 Å². The molecule has 5 fully saturated rings. The molecule has 4 heterocycles.